The predicted molar refractivity (Wildman–Crippen MR) is 65.4 cm³/mol. The predicted octanol–water partition coefficient (Wildman–Crippen LogP) is 0.989. The summed E-state index contributed by atoms with van der Waals surface area (Å²) in [5.41, 5.74) is 5.82. The molecule has 1 aliphatic heterocycles. The molecule has 1 aromatic carbocycles. The highest BCUT2D eigenvalue weighted by Crippen LogP contribution is 2.23. The van der Waals surface area contributed by atoms with Crippen LogP contribution < -0.4 is 10.5 Å². The van der Waals surface area contributed by atoms with Gasteiger partial charge in [0.2, 0.25) is 10.0 Å². The lowest BCUT2D eigenvalue weighted by molar-refractivity contribution is 0.192. The second-order valence-corrected chi connectivity index (χ2v) is 5.98. The van der Waals surface area contributed by atoms with Gasteiger partial charge in [0, 0.05) is 17.7 Å². The van der Waals surface area contributed by atoms with Gasteiger partial charge in [0.05, 0.1) is 12.3 Å². The van der Waals surface area contributed by atoms with Gasteiger partial charge in [-0.25, -0.2) is 13.1 Å². The third kappa shape index (κ3) is 2.90. The highest BCUT2D eigenvalue weighted by molar-refractivity contribution is 7.89. The smallest absolute Gasteiger partial charge is 0.242 e. The van der Waals surface area contributed by atoms with Crippen LogP contribution in [0.5, 0.6) is 0 Å². The Kier molecular flexibility index (Phi) is 3.58. The molecule has 1 aliphatic rings. The minimum atomic E-state index is -3.64. The molecule has 17 heavy (non-hydrogen) atoms. The first kappa shape index (κ1) is 12.6. The van der Waals surface area contributed by atoms with E-state index in [-0.39, 0.29) is 16.6 Å². The zero-order chi connectivity index (χ0) is 12.5. The van der Waals surface area contributed by atoms with E-state index in [0.29, 0.717) is 24.7 Å². The van der Waals surface area contributed by atoms with E-state index in [0.717, 1.165) is 0 Å². The number of benzene rings is 1. The summed E-state index contributed by atoms with van der Waals surface area (Å²) in [7, 11) is -3.64. The van der Waals surface area contributed by atoms with E-state index in [1.54, 1.807) is 6.07 Å². The molecule has 1 unspecified atom stereocenters. The van der Waals surface area contributed by atoms with Gasteiger partial charge in [-0.05, 0) is 24.6 Å². The number of halogens is 1. The van der Waals surface area contributed by atoms with Crippen LogP contribution in [0.4, 0.5) is 5.69 Å². The minimum absolute atomic E-state index is 0.0110. The van der Waals surface area contributed by atoms with Crippen LogP contribution in [-0.2, 0) is 14.8 Å². The highest BCUT2D eigenvalue weighted by Gasteiger charge is 2.25. The average molecular weight is 277 g/mol. The molecule has 0 amide bonds. The van der Waals surface area contributed by atoms with Crippen LogP contribution in [0.15, 0.2) is 23.1 Å². The van der Waals surface area contributed by atoms with Gasteiger partial charge < -0.3 is 10.5 Å². The molecule has 1 saturated heterocycles. The average Bonchev–Trinajstić information content (AvgIpc) is 2.73. The molecule has 0 spiro atoms. The second-order valence-electron chi connectivity index (χ2n) is 3.86. The number of anilines is 1. The maximum atomic E-state index is 12.1. The van der Waals surface area contributed by atoms with Gasteiger partial charge in [-0.2, -0.15) is 0 Å². The van der Waals surface area contributed by atoms with Crippen LogP contribution >= 0.6 is 11.6 Å². The molecular weight excluding hydrogens is 264 g/mol. The lowest BCUT2D eigenvalue weighted by Gasteiger charge is -2.13. The Morgan fingerprint density at radius 3 is 2.88 bits per heavy atom. The summed E-state index contributed by atoms with van der Waals surface area (Å²) in [4.78, 5) is 0.0110. The van der Waals surface area contributed by atoms with Crippen LogP contribution in [-0.4, -0.2) is 27.7 Å². The molecule has 1 atom stereocenters. The number of rotatable bonds is 3. The molecule has 0 aromatic heterocycles. The maximum Gasteiger partial charge on any atom is 0.242 e. The molecule has 0 saturated carbocycles. The van der Waals surface area contributed by atoms with Crippen molar-refractivity contribution in [3.63, 3.8) is 0 Å². The molecule has 7 heteroatoms. The fourth-order valence-electron chi connectivity index (χ4n) is 1.65. The van der Waals surface area contributed by atoms with Crippen LogP contribution in [0.3, 0.4) is 0 Å². The number of ether oxygens (including phenoxy) is 1. The Morgan fingerprint density at radius 1 is 1.47 bits per heavy atom. The zero-order valence-electron chi connectivity index (χ0n) is 9.02. The van der Waals surface area contributed by atoms with Gasteiger partial charge in [-0.1, -0.05) is 11.6 Å². The van der Waals surface area contributed by atoms with E-state index in [1.165, 1.54) is 12.1 Å². The Balaban J connectivity index is 2.27. The van der Waals surface area contributed by atoms with Crippen LogP contribution in [0.1, 0.15) is 6.42 Å². The second kappa shape index (κ2) is 4.81. The van der Waals surface area contributed by atoms with Gasteiger partial charge in [-0.3, -0.25) is 0 Å². The fourth-order valence-corrected chi connectivity index (χ4v) is 3.30. The van der Waals surface area contributed by atoms with Crippen molar-refractivity contribution in [3.05, 3.63) is 23.2 Å². The summed E-state index contributed by atoms with van der Waals surface area (Å²) in [6, 6.07) is 4.17. The SMILES string of the molecule is Nc1ccc(Cl)cc1S(=O)(=O)NC1CCOC1. The van der Waals surface area contributed by atoms with E-state index in [4.69, 9.17) is 22.1 Å². The summed E-state index contributed by atoms with van der Waals surface area (Å²) in [5.74, 6) is 0. The van der Waals surface area contributed by atoms with Crippen molar-refractivity contribution in [2.75, 3.05) is 18.9 Å². The van der Waals surface area contributed by atoms with E-state index in [2.05, 4.69) is 4.72 Å². The van der Waals surface area contributed by atoms with E-state index >= 15 is 0 Å². The molecule has 5 nitrogen and oxygen atoms in total. The first-order valence-corrected chi connectivity index (χ1v) is 7.00. The van der Waals surface area contributed by atoms with Crippen molar-refractivity contribution in [1.29, 1.82) is 0 Å². The van der Waals surface area contributed by atoms with Crippen molar-refractivity contribution in [3.8, 4) is 0 Å². The molecule has 1 aromatic rings. The quantitative estimate of drug-likeness (QED) is 0.807. The van der Waals surface area contributed by atoms with Crippen molar-refractivity contribution < 1.29 is 13.2 Å². The first-order valence-electron chi connectivity index (χ1n) is 5.14. The monoisotopic (exact) mass is 276 g/mol. The Bertz CT molecular complexity index is 512. The largest absolute Gasteiger partial charge is 0.398 e. The molecule has 1 fully saturated rings. The number of nitrogens with two attached hydrogens (primary N) is 1. The van der Waals surface area contributed by atoms with Gasteiger partial charge in [0.1, 0.15) is 4.90 Å². The Hall–Kier alpha value is -0.820. The molecule has 2 rings (SSSR count). The van der Waals surface area contributed by atoms with Gasteiger partial charge in [0.15, 0.2) is 0 Å². The van der Waals surface area contributed by atoms with E-state index < -0.39 is 10.0 Å². The summed E-state index contributed by atoms with van der Waals surface area (Å²) in [5, 5.41) is 0.335. The third-order valence-electron chi connectivity index (χ3n) is 2.52. The first-order chi connectivity index (χ1) is 7.99. The third-order valence-corrected chi connectivity index (χ3v) is 4.33. The summed E-state index contributed by atoms with van der Waals surface area (Å²) >= 11 is 5.77. The van der Waals surface area contributed by atoms with Gasteiger partial charge >= 0.3 is 0 Å². The summed E-state index contributed by atoms with van der Waals surface area (Å²) < 4.78 is 31.8. The van der Waals surface area contributed by atoms with Crippen LogP contribution in [0.2, 0.25) is 5.02 Å². The van der Waals surface area contributed by atoms with Gasteiger partial charge in [-0.15, -0.1) is 0 Å². The normalized spacial score (nSPS) is 20.6. The van der Waals surface area contributed by atoms with Crippen molar-refractivity contribution in [2.45, 2.75) is 17.4 Å². The highest BCUT2D eigenvalue weighted by atomic mass is 35.5. The minimum Gasteiger partial charge on any atom is -0.398 e. The topological polar surface area (TPSA) is 81.4 Å². The lowest BCUT2D eigenvalue weighted by Crippen LogP contribution is -2.35. The number of hydrogen-bond acceptors (Lipinski definition) is 4. The Morgan fingerprint density at radius 2 is 2.24 bits per heavy atom. The molecule has 3 N–H and O–H groups in total. The number of sulfonamides is 1. The van der Waals surface area contributed by atoms with Crippen LogP contribution in [0, 0.1) is 0 Å². The molecule has 0 bridgehead atoms. The zero-order valence-corrected chi connectivity index (χ0v) is 10.6. The molecule has 94 valence electrons. The standard InChI is InChI=1S/C10H13ClN2O3S/c11-7-1-2-9(12)10(5-7)17(14,15)13-8-3-4-16-6-8/h1-2,5,8,13H,3-4,6,12H2. The molecule has 0 radical (unpaired) electrons. The van der Waals surface area contributed by atoms with E-state index in [9.17, 15) is 8.42 Å². The number of nitrogen functional groups attached to an aromatic ring is 1. The van der Waals surface area contributed by atoms with E-state index in [1.807, 2.05) is 0 Å². The maximum absolute atomic E-state index is 12.1. The molecular formula is C10H13ClN2O3S. The summed E-state index contributed by atoms with van der Waals surface area (Å²) in [6.07, 6.45) is 0.666. The van der Waals surface area contributed by atoms with Crippen LogP contribution in [0.25, 0.3) is 0 Å². The number of hydrogen-bond donors (Lipinski definition) is 2. The van der Waals surface area contributed by atoms with Crippen molar-refractivity contribution in [1.82, 2.24) is 4.72 Å². The van der Waals surface area contributed by atoms with Gasteiger partial charge in [0.25, 0.3) is 0 Å². The Labute approximate surface area is 105 Å². The van der Waals surface area contributed by atoms with Crippen molar-refractivity contribution in [2.24, 2.45) is 0 Å². The number of nitrogens with one attached hydrogen (secondary N) is 1. The molecule has 1 heterocycles. The molecule has 0 aliphatic carbocycles. The fraction of sp³-hybridized carbons (Fsp3) is 0.400. The summed E-state index contributed by atoms with van der Waals surface area (Å²) in [6.45, 7) is 0.956. The lowest BCUT2D eigenvalue weighted by atomic mass is 10.3. The van der Waals surface area contributed by atoms with Crippen molar-refractivity contribution >= 4 is 27.3 Å².